The van der Waals surface area contributed by atoms with Gasteiger partial charge in [0.15, 0.2) is 0 Å². The highest BCUT2D eigenvalue weighted by Gasteiger charge is 2.48. The topological polar surface area (TPSA) is 43.4 Å². The van der Waals surface area contributed by atoms with Gasteiger partial charge in [-0.05, 0) is 52.4 Å². The Balaban J connectivity index is 1.94. The maximum atomic E-state index is 12.5. The molecule has 0 heterocycles. The number of alkyl halides is 3. The van der Waals surface area contributed by atoms with E-state index in [1.807, 2.05) is 18.2 Å². The van der Waals surface area contributed by atoms with Crippen LogP contribution in [0.3, 0.4) is 0 Å². The lowest BCUT2D eigenvalue weighted by Gasteiger charge is -2.12. The molecule has 0 aromatic heterocycles. The fourth-order valence-corrected chi connectivity index (χ4v) is 3.42. The molecular weight excluding hydrogens is 389 g/mol. The summed E-state index contributed by atoms with van der Waals surface area (Å²) in [7, 11) is -5.69. The summed E-state index contributed by atoms with van der Waals surface area (Å²) in [6.07, 6.45) is 3.26. The number of halogens is 3. The predicted molar refractivity (Wildman–Crippen MR) is 104 cm³/mol. The lowest BCUT2D eigenvalue weighted by molar-refractivity contribution is -0.0500. The van der Waals surface area contributed by atoms with E-state index in [1.54, 1.807) is 18.2 Å². The molecule has 0 saturated heterocycles. The number of aryl methyl sites for hydroxylation is 1. The van der Waals surface area contributed by atoms with Crippen molar-refractivity contribution < 1.29 is 25.8 Å². The first-order valence-corrected chi connectivity index (χ1v) is 10.2. The van der Waals surface area contributed by atoms with Gasteiger partial charge in [-0.2, -0.15) is 21.6 Å². The van der Waals surface area contributed by atoms with E-state index in [9.17, 15) is 21.6 Å². The number of unbranched alkanes of at least 4 members (excludes halogenated alkanes) is 1. The molecule has 3 aromatic carbocycles. The monoisotopic (exact) mass is 408 g/mol. The Kier molecular flexibility index (Phi) is 5.65. The van der Waals surface area contributed by atoms with Crippen molar-refractivity contribution in [1.82, 2.24) is 0 Å². The zero-order valence-corrected chi connectivity index (χ0v) is 16.0. The van der Waals surface area contributed by atoms with Crippen LogP contribution in [0.5, 0.6) is 5.75 Å². The van der Waals surface area contributed by atoms with Crippen LogP contribution in [-0.2, 0) is 16.5 Å². The van der Waals surface area contributed by atoms with Gasteiger partial charge in [0.2, 0.25) is 0 Å². The van der Waals surface area contributed by atoms with Gasteiger partial charge in [0.1, 0.15) is 5.75 Å². The maximum absolute atomic E-state index is 12.5. The summed E-state index contributed by atoms with van der Waals surface area (Å²) in [6, 6.07) is 17.6. The highest BCUT2D eigenvalue weighted by molar-refractivity contribution is 7.88. The van der Waals surface area contributed by atoms with E-state index in [-0.39, 0.29) is 5.75 Å². The molecule has 0 N–H and O–H groups in total. The van der Waals surface area contributed by atoms with Crippen molar-refractivity contribution in [2.24, 2.45) is 0 Å². The van der Waals surface area contributed by atoms with Gasteiger partial charge >= 0.3 is 15.6 Å². The molecule has 148 valence electrons. The SMILES string of the molecule is CCCCc1ccc(-c2cccc3cc(OS(=O)(=O)C(F)(F)F)ccc23)cc1. The molecule has 0 fully saturated rings. The number of rotatable bonds is 6. The van der Waals surface area contributed by atoms with Gasteiger partial charge in [0, 0.05) is 0 Å². The van der Waals surface area contributed by atoms with Crippen LogP contribution in [0.2, 0.25) is 0 Å². The van der Waals surface area contributed by atoms with Gasteiger partial charge in [0.05, 0.1) is 0 Å². The Morgan fingerprint density at radius 3 is 2.32 bits per heavy atom. The lowest BCUT2D eigenvalue weighted by atomic mass is 9.96. The van der Waals surface area contributed by atoms with Crippen molar-refractivity contribution in [3.8, 4) is 16.9 Å². The highest BCUT2D eigenvalue weighted by Crippen LogP contribution is 2.33. The number of hydrogen-bond donors (Lipinski definition) is 0. The van der Waals surface area contributed by atoms with Gasteiger partial charge in [-0.25, -0.2) is 0 Å². The summed E-state index contributed by atoms with van der Waals surface area (Å²) < 4.78 is 64.2. The molecule has 0 amide bonds. The Bertz CT molecular complexity index is 1070. The molecule has 0 bridgehead atoms. The molecule has 0 atom stereocenters. The lowest BCUT2D eigenvalue weighted by Crippen LogP contribution is -2.28. The van der Waals surface area contributed by atoms with Crippen LogP contribution in [0, 0.1) is 0 Å². The van der Waals surface area contributed by atoms with E-state index < -0.39 is 15.6 Å². The van der Waals surface area contributed by atoms with Crippen molar-refractivity contribution in [2.45, 2.75) is 31.7 Å². The zero-order valence-electron chi connectivity index (χ0n) is 15.2. The summed E-state index contributed by atoms with van der Waals surface area (Å²) in [5.74, 6) is -0.378. The van der Waals surface area contributed by atoms with Gasteiger partial charge in [-0.1, -0.05) is 61.9 Å². The van der Waals surface area contributed by atoms with Crippen LogP contribution in [0.1, 0.15) is 25.3 Å². The quantitative estimate of drug-likeness (QED) is 0.367. The minimum Gasteiger partial charge on any atom is -0.376 e. The first-order chi connectivity index (χ1) is 13.2. The number of hydrogen-bond acceptors (Lipinski definition) is 3. The first kappa shape index (κ1) is 20.2. The maximum Gasteiger partial charge on any atom is 0.534 e. The number of benzene rings is 3. The third-order valence-electron chi connectivity index (χ3n) is 4.43. The molecule has 0 unspecified atom stereocenters. The molecule has 3 rings (SSSR count). The van der Waals surface area contributed by atoms with Gasteiger partial charge < -0.3 is 4.18 Å². The van der Waals surface area contributed by atoms with Crippen LogP contribution in [0.15, 0.2) is 60.7 Å². The van der Waals surface area contributed by atoms with Crippen LogP contribution >= 0.6 is 0 Å². The van der Waals surface area contributed by atoms with Crippen LogP contribution in [0.25, 0.3) is 21.9 Å². The third-order valence-corrected chi connectivity index (χ3v) is 5.40. The Morgan fingerprint density at radius 2 is 1.68 bits per heavy atom. The molecule has 0 radical (unpaired) electrons. The van der Waals surface area contributed by atoms with Gasteiger partial charge in [0.25, 0.3) is 0 Å². The van der Waals surface area contributed by atoms with Crippen LogP contribution in [0.4, 0.5) is 13.2 Å². The standard InChI is InChI=1S/C21H19F3O3S/c1-2-3-5-15-8-10-16(11-9-15)19-7-4-6-17-14-18(12-13-20(17)19)27-28(25,26)21(22,23)24/h4,6-14H,2-3,5H2,1H3. The van der Waals surface area contributed by atoms with E-state index in [2.05, 4.69) is 23.2 Å². The van der Waals surface area contributed by atoms with E-state index in [0.29, 0.717) is 5.39 Å². The summed E-state index contributed by atoms with van der Waals surface area (Å²) in [5, 5.41) is 1.38. The summed E-state index contributed by atoms with van der Waals surface area (Å²) in [6.45, 7) is 2.14. The molecular formula is C21H19F3O3S. The largest absolute Gasteiger partial charge is 0.534 e. The molecule has 0 aliphatic heterocycles. The molecule has 28 heavy (non-hydrogen) atoms. The van der Waals surface area contributed by atoms with E-state index >= 15 is 0 Å². The van der Waals surface area contributed by atoms with Crippen molar-refractivity contribution in [3.63, 3.8) is 0 Å². The van der Waals surface area contributed by atoms with Crippen LogP contribution in [-0.4, -0.2) is 13.9 Å². The zero-order chi connectivity index (χ0) is 20.4. The number of fused-ring (bicyclic) bond motifs is 1. The minimum absolute atomic E-state index is 0.378. The molecule has 0 aliphatic carbocycles. The van der Waals surface area contributed by atoms with E-state index in [0.717, 1.165) is 35.8 Å². The molecule has 3 nitrogen and oxygen atoms in total. The molecule has 7 heteroatoms. The van der Waals surface area contributed by atoms with Crippen molar-refractivity contribution >= 4 is 20.9 Å². The predicted octanol–water partition coefficient (Wildman–Crippen LogP) is 6.08. The smallest absolute Gasteiger partial charge is 0.376 e. The fourth-order valence-electron chi connectivity index (χ4n) is 2.97. The van der Waals surface area contributed by atoms with Gasteiger partial charge in [-0.3, -0.25) is 0 Å². The van der Waals surface area contributed by atoms with Crippen LogP contribution < -0.4 is 4.18 Å². The van der Waals surface area contributed by atoms with Crippen molar-refractivity contribution in [1.29, 1.82) is 0 Å². The Labute approximate surface area is 161 Å². The Hall–Kier alpha value is -2.54. The third kappa shape index (κ3) is 4.30. The average molecular weight is 408 g/mol. The molecule has 0 spiro atoms. The minimum atomic E-state index is -5.69. The van der Waals surface area contributed by atoms with Crippen molar-refractivity contribution in [2.75, 3.05) is 0 Å². The second-order valence-electron chi connectivity index (χ2n) is 6.47. The summed E-state index contributed by atoms with van der Waals surface area (Å²) in [4.78, 5) is 0. The summed E-state index contributed by atoms with van der Waals surface area (Å²) in [5.41, 5.74) is -2.34. The molecule has 0 aliphatic rings. The van der Waals surface area contributed by atoms with Gasteiger partial charge in [-0.15, -0.1) is 0 Å². The molecule has 3 aromatic rings. The second kappa shape index (κ2) is 7.83. The normalized spacial score (nSPS) is 12.3. The summed E-state index contributed by atoms with van der Waals surface area (Å²) >= 11 is 0. The van der Waals surface area contributed by atoms with E-state index in [1.165, 1.54) is 17.7 Å². The van der Waals surface area contributed by atoms with Crippen molar-refractivity contribution in [3.05, 3.63) is 66.2 Å². The fraction of sp³-hybridized carbons (Fsp3) is 0.238. The first-order valence-electron chi connectivity index (χ1n) is 8.84. The molecule has 0 saturated carbocycles. The average Bonchev–Trinajstić information content (AvgIpc) is 2.65. The Morgan fingerprint density at radius 1 is 0.964 bits per heavy atom. The highest BCUT2D eigenvalue weighted by atomic mass is 32.2. The second-order valence-corrected chi connectivity index (χ2v) is 8.01. The van der Waals surface area contributed by atoms with E-state index in [4.69, 9.17) is 0 Å².